The van der Waals surface area contributed by atoms with E-state index in [1.807, 2.05) is 98.8 Å². The lowest BCUT2D eigenvalue weighted by Crippen LogP contribution is -2.39. The summed E-state index contributed by atoms with van der Waals surface area (Å²) in [6, 6.07) is 39.9. The zero-order chi connectivity index (χ0) is 34.8. The minimum atomic E-state index is -1.06. The molecular formula is C42H38N2O3Si2. The minimum Gasteiger partial charge on any atom is -0.438 e. The van der Waals surface area contributed by atoms with Crippen LogP contribution in [0.15, 0.2) is 121 Å². The van der Waals surface area contributed by atoms with Gasteiger partial charge in [0.25, 0.3) is 0 Å². The molecule has 0 aliphatic heterocycles. The molecule has 6 rings (SSSR count). The number of nitrogens with zero attached hydrogens (tertiary/aromatic N) is 2. The lowest BCUT2D eigenvalue weighted by atomic mass is 9.97. The Labute approximate surface area is 296 Å². The third-order valence-electron chi connectivity index (χ3n) is 8.81. The van der Waals surface area contributed by atoms with E-state index < -0.39 is 10.4 Å². The Bertz CT molecular complexity index is 1950. The van der Waals surface area contributed by atoms with E-state index in [9.17, 15) is 0 Å². The van der Waals surface area contributed by atoms with Crippen LogP contribution in [0, 0.1) is 27.7 Å². The highest BCUT2D eigenvalue weighted by atomic mass is 28.2. The predicted molar refractivity (Wildman–Crippen MR) is 199 cm³/mol. The van der Waals surface area contributed by atoms with Crippen molar-refractivity contribution in [1.82, 2.24) is 9.97 Å². The molecule has 0 N–H and O–H groups in total. The second kappa shape index (κ2) is 14.0. The van der Waals surface area contributed by atoms with Crippen molar-refractivity contribution in [1.29, 1.82) is 0 Å². The van der Waals surface area contributed by atoms with Crippen molar-refractivity contribution in [2.24, 2.45) is 0 Å². The van der Waals surface area contributed by atoms with E-state index in [0.717, 1.165) is 22.3 Å². The van der Waals surface area contributed by atoms with Crippen LogP contribution in [-0.2, 0) is 15.2 Å². The first-order valence-electron chi connectivity index (χ1n) is 16.2. The molecule has 0 spiro atoms. The molecule has 242 valence electrons. The van der Waals surface area contributed by atoms with Crippen LogP contribution >= 0.6 is 0 Å². The van der Waals surface area contributed by atoms with Crippen LogP contribution in [0.5, 0.6) is 23.3 Å². The molecule has 0 amide bonds. The molecule has 0 fully saturated rings. The standard InChI is InChI=1S/C42H38N2O3Si2/c1-27-15-13-21-33(29(27)3)35-23-25-37(43-39(35)45-31-17-9-7-10-18-31)41(5,48)47-42(6,49)38-26-24-36(34-22-14-16-28(2)30(34)4)40(44-38)46-32-19-11-8-12-20-32/h7-26H,1-6H3. The maximum atomic E-state index is 6.78. The third kappa shape index (κ3) is 7.44. The van der Waals surface area contributed by atoms with E-state index in [1.165, 1.54) is 22.3 Å². The van der Waals surface area contributed by atoms with Gasteiger partial charge >= 0.3 is 0 Å². The molecule has 4 aromatic carbocycles. The van der Waals surface area contributed by atoms with E-state index in [4.69, 9.17) is 24.2 Å². The summed E-state index contributed by atoms with van der Waals surface area (Å²) in [5, 5.41) is -2.11. The quantitative estimate of drug-likeness (QED) is 0.135. The van der Waals surface area contributed by atoms with Gasteiger partial charge in [-0.05, 0) is 123 Å². The van der Waals surface area contributed by atoms with Gasteiger partial charge in [0.15, 0.2) is 0 Å². The zero-order valence-electron chi connectivity index (χ0n) is 28.7. The first-order valence-corrected chi connectivity index (χ1v) is 17.2. The highest BCUT2D eigenvalue weighted by Gasteiger charge is 2.35. The van der Waals surface area contributed by atoms with Crippen molar-refractivity contribution in [3.05, 3.63) is 155 Å². The first-order chi connectivity index (χ1) is 23.4. The van der Waals surface area contributed by atoms with Gasteiger partial charge in [-0.1, -0.05) is 72.8 Å². The summed E-state index contributed by atoms with van der Waals surface area (Å²) in [4.78, 5) is 10.1. The average molecular weight is 675 g/mol. The number of para-hydroxylation sites is 2. The van der Waals surface area contributed by atoms with E-state index in [-0.39, 0.29) is 0 Å². The van der Waals surface area contributed by atoms with Gasteiger partial charge in [-0.25, -0.2) is 9.97 Å². The molecule has 6 radical (unpaired) electrons. The van der Waals surface area contributed by atoms with Crippen LogP contribution in [0.25, 0.3) is 22.3 Å². The number of rotatable bonds is 10. The lowest BCUT2D eigenvalue weighted by molar-refractivity contribution is -0.0600. The molecule has 0 saturated heterocycles. The summed E-state index contributed by atoms with van der Waals surface area (Å²) < 4.78 is 19.6. The summed E-state index contributed by atoms with van der Waals surface area (Å²) in [6.07, 6.45) is 0. The Kier molecular flexibility index (Phi) is 9.70. The molecule has 2 aromatic heterocycles. The minimum absolute atomic E-state index is 0.482. The van der Waals surface area contributed by atoms with Gasteiger partial charge in [0.2, 0.25) is 11.8 Å². The molecule has 7 heteroatoms. The van der Waals surface area contributed by atoms with E-state index in [0.29, 0.717) is 34.6 Å². The summed E-state index contributed by atoms with van der Waals surface area (Å²) in [6.45, 7) is 12.3. The first kappa shape index (κ1) is 34.1. The number of ether oxygens (including phenoxy) is 3. The second-order valence-electron chi connectivity index (χ2n) is 12.6. The highest BCUT2D eigenvalue weighted by Crippen LogP contribution is 2.40. The van der Waals surface area contributed by atoms with Crippen molar-refractivity contribution in [2.45, 2.75) is 52.0 Å². The van der Waals surface area contributed by atoms with Crippen LogP contribution in [-0.4, -0.2) is 30.5 Å². The van der Waals surface area contributed by atoms with E-state index in [2.05, 4.69) is 84.6 Å². The van der Waals surface area contributed by atoms with Gasteiger partial charge in [0, 0.05) is 11.1 Å². The number of aryl methyl sites for hydroxylation is 2. The molecule has 2 unspecified atom stereocenters. The maximum Gasteiger partial charge on any atom is 0.227 e. The number of hydrogen-bond donors (Lipinski definition) is 0. The fraction of sp³-hybridized carbons (Fsp3) is 0.190. The summed E-state index contributed by atoms with van der Waals surface area (Å²) in [7, 11) is 7.86. The van der Waals surface area contributed by atoms with Crippen molar-refractivity contribution >= 4 is 20.5 Å². The van der Waals surface area contributed by atoms with Crippen molar-refractivity contribution in [2.75, 3.05) is 0 Å². The molecule has 0 bridgehead atoms. The summed E-state index contributed by atoms with van der Waals surface area (Å²) >= 11 is 0. The van der Waals surface area contributed by atoms with Gasteiger partial charge in [0.05, 0.1) is 42.3 Å². The number of aromatic nitrogens is 2. The van der Waals surface area contributed by atoms with Crippen LogP contribution in [0.3, 0.4) is 0 Å². The Morgan fingerprint density at radius 1 is 0.449 bits per heavy atom. The molecule has 49 heavy (non-hydrogen) atoms. The van der Waals surface area contributed by atoms with Crippen LogP contribution in [0.1, 0.15) is 47.5 Å². The largest absolute Gasteiger partial charge is 0.438 e. The number of hydrogen-bond acceptors (Lipinski definition) is 5. The van der Waals surface area contributed by atoms with Gasteiger partial charge < -0.3 is 14.2 Å². The van der Waals surface area contributed by atoms with Crippen LogP contribution in [0.4, 0.5) is 0 Å². The van der Waals surface area contributed by atoms with Gasteiger partial charge in [-0.3, -0.25) is 0 Å². The third-order valence-corrected chi connectivity index (χ3v) is 9.53. The van der Waals surface area contributed by atoms with Gasteiger partial charge in [0.1, 0.15) is 11.5 Å². The fourth-order valence-electron chi connectivity index (χ4n) is 5.78. The van der Waals surface area contributed by atoms with Gasteiger partial charge in [-0.2, -0.15) is 0 Å². The van der Waals surface area contributed by atoms with Crippen LogP contribution < -0.4 is 9.47 Å². The van der Waals surface area contributed by atoms with Crippen molar-refractivity contribution in [3.63, 3.8) is 0 Å². The van der Waals surface area contributed by atoms with Gasteiger partial charge in [-0.15, -0.1) is 0 Å². The average Bonchev–Trinajstić information content (AvgIpc) is 3.08. The normalized spacial score (nSPS) is 13.7. The maximum absolute atomic E-state index is 6.78. The SMILES string of the molecule is Cc1cccc(-c2ccc(C(C)([Si])OC(C)([Si])c3ccc(-c4cccc(C)c4C)c(Oc4ccccc4)n3)nc2Oc2ccccc2)c1C. The molecule has 6 aromatic rings. The molecule has 2 heterocycles. The Morgan fingerprint density at radius 2 is 0.837 bits per heavy atom. The topological polar surface area (TPSA) is 53.5 Å². The summed E-state index contributed by atoms with van der Waals surface area (Å²) in [5.41, 5.74) is 9.89. The number of pyridine rings is 2. The fourth-order valence-corrected chi connectivity index (χ4v) is 6.57. The second-order valence-corrected chi connectivity index (χ2v) is 14.5. The molecule has 5 nitrogen and oxygen atoms in total. The number of benzene rings is 4. The molecule has 0 aliphatic carbocycles. The Balaban J connectivity index is 1.38. The smallest absolute Gasteiger partial charge is 0.227 e. The highest BCUT2D eigenvalue weighted by molar-refractivity contribution is 6.17. The van der Waals surface area contributed by atoms with Crippen molar-refractivity contribution in [3.8, 4) is 45.5 Å². The lowest BCUT2D eigenvalue weighted by Gasteiger charge is -2.36. The summed E-state index contributed by atoms with van der Waals surface area (Å²) in [5.74, 6) is 2.35. The zero-order valence-corrected chi connectivity index (χ0v) is 30.7. The molecule has 0 saturated carbocycles. The monoisotopic (exact) mass is 674 g/mol. The van der Waals surface area contributed by atoms with E-state index in [1.54, 1.807) is 0 Å². The predicted octanol–water partition coefficient (Wildman–Crippen LogP) is 10.0. The van der Waals surface area contributed by atoms with E-state index >= 15 is 0 Å². The Hall–Kier alpha value is -4.83. The van der Waals surface area contributed by atoms with Crippen LogP contribution in [0.2, 0.25) is 0 Å². The molecule has 2 atom stereocenters. The van der Waals surface area contributed by atoms with Crippen molar-refractivity contribution < 1.29 is 14.2 Å². The molecular weight excluding hydrogens is 637 g/mol. The molecule has 0 aliphatic rings. The Morgan fingerprint density at radius 3 is 1.22 bits per heavy atom.